The molecule has 0 bridgehead atoms. The number of hydrogen-bond acceptors (Lipinski definition) is 2. The van der Waals surface area contributed by atoms with Crippen molar-refractivity contribution >= 4 is 0 Å². The molecule has 0 amide bonds. The molecular weight excluding hydrogens is 267 g/mol. The number of alkyl halides is 3. The van der Waals surface area contributed by atoms with Crippen LogP contribution in [0.4, 0.5) is 13.2 Å². The van der Waals surface area contributed by atoms with E-state index in [1.54, 1.807) is 19.2 Å². The highest BCUT2D eigenvalue weighted by Gasteiger charge is 2.35. The highest BCUT2D eigenvalue weighted by molar-refractivity contribution is 5.32. The average Bonchev–Trinajstić information content (AvgIpc) is 2.45. The van der Waals surface area contributed by atoms with E-state index < -0.39 is 11.7 Å². The minimum absolute atomic E-state index is 0.0440. The van der Waals surface area contributed by atoms with Crippen LogP contribution in [0.25, 0.3) is 0 Å². The summed E-state index contributed by atoms with van der Waals surface area (Å²) in [5.41, 5.74) is -0.258. The minimum atomic E-state index is -4.32. The molecule has 1 saturated heterocycles. The Hall–Kier alpha value is -1.07. The maximum Gasteiger partial charge on any atom is 0.416 e. The Morgan fingerprint density at radius 3 is 2.65 bits per heavy atom. The predicted octanol–water partition coefficient (Wildman–Crippen LogP) is 3.93. The van der Waals surface area contributed by atoms with Gasteiger partial charge in [0.15, 0.2) is 0 Å². The van der Waals surface area contributed by atoms with E-state index in [2.05, 4.69) is 5.32 Å². The SMILES string of the molecule is CNC(CC1CCCCO1)c1ccccc1C(F)(F)F. The molecule has 2 nitrogen and oxygen atoms in total. The van der Waals surface area contributed by atoms with Crippen molar-refractivity contribution in [3.05, 3.63) is 35.4 Å². The van der Waals surface area contributed by atoms with E-state index in [4.69, 9.17) is 4.74 Å². The van der Waals surface area contributed by atoms with Gasteiger partial charge in [-0.2, -0.15) is 13.2 Å². The molecule has 1 aromatic carbocycles. The summed E-state index contributed by atoms with van der Waals surface area (Å²) in [6.45, 7) is 0.710. The van der Waals surface area contributed by atoms with Crippen molar-refractivity contribution in [2.24, 2.45) is 0 Å². The molecule has 1 N–H and O–H groups in total. The number of rotatable bonds is 4. The van der Waals surface area contributed by atoms with E-state index in [-0.39, 0.29) is 12.1 Å². The lowest BCUT2D eigenvalue weighted by Crippen LogP contribution is -2.28. The maximum absolute atomic E-state index is 13.1. The molecule has 2 rings (SSSR count). The number of ether oxygens (including phenoxy) is 1. The van der Waals surface area contributed by atoms with Gasteiger partial charge in [-0.05, 0) is 44.4 Å². The van der Waals surface area contributed by atoms with E-state index in [0.29, 0.717) is 18.6 Å². The maximum atomic E-state index is 13.1. The molecule has 1 aliphatic heterocycles. The first-order chi connectivity index (χ1) is 9.52. The fraction of sp³-hybridized carbons (Fsp3) is 0.600. The van der Waals surface area contributed by atoms with Crippen molar-refractivity contribution in [1.29, 1.82) is 0 Å². The van der Waals surface area contributed by atoms with Gasteiger partial charge in [0.2, 0.25) is 0 Å². The Morgan fingerprint density at radius 2 is 2.05 bits per heavy atom. The molecule has 2 atom stereocenters. The first kappa shape index (κ1) is 15.3. The Morgan fingerprint density at radius 1 is 1.30 bits per heavy atom. The summed E-state index contributed by atoms with van der Waals surface area (Å²) in [5.74, 6) is 0. The van der Waals surface area contributed by atoms with Crippen LogP contribution >= 0.6 is 0 Å². The van der Waals surface area contributed by atoms with Gasteiger partial charge in [0.25, 0.3) is 0 Å². The van der Waals surface area contributed by atoms with Gasteiger partial charge in [-0.1, -0.05) is 18.2 Å². The van der Waals surface area contributed by atoms with Gasteiger partial charge in [-0.15, -0.1) is 0 Å². The Balaban J connectivity index is 2.18. The van der Waals surface area contributed by atoms with Crippen LogP contribution in [0.5, 0.6) is 0 Å². The highest BCUT2D eigenvalue weighted by Crippen LogP contribution is 2.36. The molecule has 0 aromatic heterocycles. The largest absolute Gasteiger partial charge is 0.416 e. The van der Waals surface area contributed by atoms with E-state index in [9.17, 15) is 13.2 Å². The number of nitrogens with one attached hydrogen (secondary N) is 1. The molecular formula is C15H20F3NO. The molecule has 0 aliphatic carbocycles. The fourth-order valence-electron chi connectivity index (χ4n) is 2.72. The predicted molar refractivity (Wildman–Crippen MR) is 71.5 cm³/mol. The third-order valence-corrected chi connectivity index (χ3v) is 3.76. The number of hydrogen-bond donors (Lipinski definition) is 1. The summed E-state index contributed by atoms with van der Waals surface area (Å²) in [6.07, 6.45) is -0.653. The van der Waals surface area contributed by atoms with Gasteiger partial charge in [-0.3, -0.25) is 0 Å². The molecule has 1 aromatic rings. The summed E-state index contributed by atoms with van der Waals surface area (Å²) in [4.78, 5) is 0. The first-order valence-corrected chi connectivity index (χ1v) is 6.97. The molecule has 20 heavy (non-hydrogen) atoms. The molecule has 0 radical (unpaired) electrons. The van der Waals surface area contributed by atoms with Crippen molar-refractivity contribution in [1.82, 2.24) is 5.32 Å². The second-order valence-electron chi connectivity index (χ2n) is 5.15. The van der Waals surface area contributed by atoms with Crippen LogP contribution < -0.4 is 5.32 Å². The van der Waals surface area contributed by atoms with Crippen molar-refractivity contribution in [2.45, 2.75) is 44.0 Å². The molecule has 0 spiro atoms. The summed E-state index contributed by atoms with van der Waals surface area (Å²) in [5, 5.41) is 3.00. The highest BCUT2D eigenvalue weighted by atomic mass is 19.4. The van der Waals surface area contributed by atoms with E-state index >= 15 is 0 Å². The summed E-state index contributed by atoms with van der Waals surface area (Å²) < 4.78 is 44.8. The third-order valence-electron chi connectivity index (χ3n) is 3.76. The van der Waals surface area contributed by atoms with Gasteiger partial charge < -0.3 is 10.1 Å². The topological polar surface area (TPSA) is 21.3 Å². The molecule has 112 valence electrons. The van der Waals surface area contributed by atoms with Gasteiger partial charge in [-0.25, -0.2) is 0 Å². The van der Waals surface area contributed by atoms with Crippen molar-refractivity contribution in [2.75, 3.05) is 13.7 Å². The minimum Gasteiger partial charge on any atom is -0.378 e. The Kier molecular flexibility index (Phi) is 5.05. The molecule has 1 aliphatic rings. The zero-order valence-corrected chi connectivity index (χ0v) is 11.5. The molecule has 2 unspecified atom stereocenters. The smallest absolute Gasteiger partial charge is 0.378 e. The lowest BCUT2D eigenvalue weighted by atomic mass is 9.93. The average molecular weight is 287 g/mol. The van der Waals surface area contributed by atoms with Crippen molar-refractivity contribution < 1.29 is 17.9 Å². The van der Waals surface area contributed by atoms with Gasteiger partial charge in [0, 0.05) is 12.6 Å². The fourth-order valence-corrected chi connectivity index (χ4v) is 2.72. The van der Waals surface area contributed by atoms with Crippen LogP contribution in [0.3, 0.4) is 0 Å². The van der Waals surface area contributed by atoms with Crippen LogP contribution in [0.15, 0.2) is 24.3 Å². The van der Waals surface area contributed by atoms with Gasteiger partial charge in [0.05, 0.1) is 11.7 Å². The summed E-state index contributed by atoms with van der Waals surface area (Å²) in [7, 11) is 1.70. The molecule has 5 heteroatoms. The Bertz CT molecular complexity index is 427. The summed E-state index contributed by atoms with van der Waals surface area (Å²) >= 11 is 0. The number of benzene rings is 1. The lowest BCUT2D eigenvalue weighted by Gasteiger charge is -2.28. The van der Waals surface area contributed by atoms with Crippen LogP contribution in [-0.4, -0.2) is 19.8 Å². The van der Waals surface area contributed by atoms with Crippen molar-refractivity contribution in [3.8, 4) is 0 Å². The quantitative estimate of drug-likeness (QED) is 0.906. The van der Waals surface area contributed by atoms with Gasteiger partial charge >= 0.3 is 6.18 Å². The van der Waals surface area contributed by atoms with E-state index in [1.807, 2.05) is 0 Å². The number of halogens is 3. The zero-order valence-electron chi connectivity index (χ0n) is 11.5. The monoisotopic (exact) mass is 287 g/mol. The standard InChI is InChI=1S/C15H20F3NO/c1-19-14(10-11-6-4-5-9-20-11)12-7-2-3-8-13(12)15(16,17)18/h2-3,7-8,11,14,19H,4-6,9-10H2,1H3. The van der Waals surface area contributed by atoms with Gasteiger partial charge in [0.1, 0.15) is 0 Å². The summed E-state index contributed by atoms with van der Waals surface area (Å²) in [6, 6.07) is 5.43. The molecule has 1 fully saturated rings. The molecule has 1 heterocycles. The Labute approximate surface area is 117 Å². The molecule has 0 saturated carbocycles. The van der Waals surface area contributed by atoms with Crippen LogP contribution in [0.2, 0.25) is 0 Å². The normalized spacial score (nSPS) is 21.7. The third kappa shape index (κ3) is 3.73. The van der Waals surface area contributed by atoms with E-state index in [0.717, 1.165) is 25.3 Å². The van der Waals surface area contributed by atoms with Crippen LogP contribution in [0, 0.1) is 0 Å². The second-order valence-corrected chi connectivity index (χ2v) is 5.15. The van der Waals surface area contributed by atoms with Crippen molar-refractivity contribution in [3.63, 3.8) is 0 Å². The second kappa shape index (κ2) is 6.59. The first-order valence-electron chi connectivity index (χ1n) is 6.97. The van der Waals surface area contributed by atoms with Crippen LogP contribution in [0.1, 0.15) is 42.9 Å². The zero-order chi connectivity index (χ0) is 14.6. The van der Waals surface area contributed by atoms with Crippen LogP contribution in [-0.2, 0) is 10.9 Å². The lowest BCUT2D eigenvalue weighted by molar-refractivity contribution is -0.138. The van der Waals surface area contributed by atoms with E-state index in [1.165, 1.54) is 6.07 Å².